The number of carbonyl (C=O) groups excluding carboxylic acids is 1. The van der Waals surface area contributed by atoms with E-state index < -0.39 is 0 Å². The summed E-state index contributed by atoms with van der Waals surface area (Å²) in [7, 11) is 0. The monoisotopic (exact) mass is 255 g/mol. The van der Waals surface area contributed by atoms with Gasteiger partial charge >= 0.3 is 0 Å². The zero-order chi connectivity index (χ0) is 13.5. The van der Waals surface area contributed by atoms with Crippen LogP contribution in [0.5, 0.6) is 0 Å². The topological polar surface area (TPSA) is 68.0 Å². The van der Waals surface area contributed by atoms with E-state index in [-0.39, 0.29) is 5.91 Å². The lowest BCUT2D eigenvalue weighted by Crippen LogP contribution is -2.07. The molecule has 0 aliphatic carbocycles. The van der Waals surface area contributed by atoms with Crippen LogP contribution in [0.3, 0.4) is 0 Å². The van der Waals surface area contributed by atoms with E-state index >= 15 is 0 Å². The molecule has 0 saturated heterocycles. The van der Waals surface area contributed by atoms with Gasteiger partial charge in [-0.1, -0.05) is 24.3 Å². The molecule has 1 aromatic heterocycles. The standard InChI is InChI=1S/C14H13N3O2/c1-2-3-4-8-13(18)16-12-7-5-6-11(9-12)14-17-15-10-19-14/h2-10H,1H3,(H,16,18)/b3-2+,8-4+. The van der Waals surface area contributed by atoms with Crippen molar-refractivity contribution in [3.05, 3.63) is 55.0 Å². The molecule has 0 aliphatic rings. The minimum absolute atomic E-state index is 0.194. The largest absolute Gasteiger partial charge is 0.423 e. The van der Waals surface area contributed by atoms with Gasteiger partial charge in [-0.15, -0.1) is 10.2 Å². The van der Waals surface area contributed by atoms with Gasteiger partial charge in [0.15, 0.2) is 0 Å². The molecular formula is C14H13N3O2. The maximum atomic E-state index is 11.6. The van der Waals surface area contributed by atoms with Crippen molar-refractivity contribution in [2.75, 3.05) is 5.32 Å². The summed E-state index contributed by atoms with van der Waals surface area (Å²) in [6.45, 7) is 1.89. The van der Waals surface area contributed by atoms with Crippen molar-refractivity contribution in [2.45, 2.75) is 6.92 Å². The number of amides is 1. The molecule has 1 N–H and O–H groups in total. The zero-order valence-electron chi connectivity index (χ0n) is 10.4. The average Bonchev–Trinajstić information content (AvgIpc) is 2.93. The van der Waals surface area contributed by atoms with Gasteiger partial charge in [0.05, 0.1) is 0 Å². The van der Waals surface area contributed by atoms with Crippen LogP contribution in [-0.4, -0.2) is 16.1 Å². The summed E-state index contributed by atoms with van der Waals surface area (Å²) in [4.78, 5) is 11.6. The van der Waals surface area contributed by atoms with Gasteiger partial charge in [0, 0.05) is 17.3 Å². The number of allylic oxidation sites excluding steroid dienone is 3. The smallest absolute Gasteiger partial charge is 0.248 e. The number of hydrogen-bond donors (Lipinski definition) is 1. The quantitative estimate of drug-likeness (QED) is 0.673. The summed E-state index contributed by atoms with van der Waals surface area (Å²) in [5.74, 6) is 0.223. The molecule has 0 fully saturated rings. The Hall–Kier alpha value is -2.69. The molecule has 2 aromatic rings. The molecule has 1 heterocycles. The molecule has 96 valence electrons. The number of aromatic nitrogens is 2. The molecule has 5 heteroatoms. The molecule has 1 aromatic carbocycles. The Bertz CT molecular complexity index is 601. The predicted octanol–water partition coefficient (Wildman–Crippen LogP) is 2.81. The highest BCUT2D eigenvalue weighted by Crippen LogP contribution is 2.20. The molecule has 0 saturated carbocycles. The van der Waals surface area contributed by atoms with E-state index in [0.29, 0.717) is 11.6 Å². The molecule has 5 nitrogen and oxygen atoms in total. The minimum atomic E-state index is -0.194. The summed E-state index contributed by atoms with van der Waals surface area (Å²) in [6.07, 6.45) is 8.03. The van der Waals surface area contributed by atoms with E-state index in [0.717, 1.165) is 5.56 Å². The molecular weight excluding hydrogens is 242 g/mol. The van der Waals surface area contributed by atoms with Crippen molar-refractivity contribution in [3.8, 4) is 11.5 Å². The second-order valence-electron chi connectivity index (χ2n) is 3.70. The fourth-order valence-corrected chi connectivity index (χ4v) is 1.47. The van der Waals surface area contributed by atoms with Crippen molar-refractivity contribution >= 4 is 11.6 Å². The van der Waals surface area contributed by atoms with Crippen molar-refractivity contribution in [1.29, 1.82) is 0 Å². The molecule has 0 aliphatic heterocycles. The molecule has 0 unspecified atom stereocenters. The summed E-state index contributed by atoms with van der Waals surface area (Å²) < 4.78 is 5.10. The Morgan fingerprint density at radius 1 is 1.37 bits per heavy atom. The molecule has 0 radical (unpaired) electrons. The van der Waals surface area contributed by atoms with Crippen LogP contribution in [0.25, 0.3) is 11.5 Å². The first-order chi connectivity index (χ1) is 9.29. The third-order valence-electron chi connectivity index (χ3n) is 2.29. The van der Waals surface area contributed by atoms with Crippen LogP contribution < -0.4 is 5.32 Å². The molecule has 0 atom stereocenters. The maximum Gasteiger partial charge on any atom is 0.248 e. The molecule has 19 heavy (non-hydrogen) atoms. The van der Waals surface area contributed by atoms with Crippen LogP contribution >= 0.6 is 0 Å². The minimum Gasteiger partial charge on any atom is -0.423 e. The zero-order valence-corrected chi connectivity index (χ0v) is 10.4. The third-order valence-corrected chi connectivity index (χ3v) is 2.29. The normalized spacial score (nSPS) is 11.2. The second kappa shape index (κ2) is 6.30. The first-order valence-electron chi connectivity index (χ1n) is 5.76. The van der Waals surface area contributed by atoms with Gasteiger partial charge in [-0.3, -0.25) is 4.79 Å². The molecule has 2 rings (SSSR count). The van der Waals surface area contributed by atoms with Gasteiger partial charge in [-0.2, -0.15) is 0 Å². The van der Waals surface area contributed by atoms with E-state index in [1.807, 2.05) is 25.1 Å². The maximum absolute atomic E-state index is 11.6. The van der Waals surface area contributed by atoms with E-state index in [4.69, 9.17) is 4.42 Å². The van der Waals surface area contributed by atoms with E-state index in [9.17, 15) is 4.79 Å². The summed E-state index contributed by atoms with van der Waals surface area (Å²) in [6, 6.07) is 7.21. The fraction of sp³-hybridized carbons (Fsp3) is 0.0714. The highest BCUT2D eigenvalue weighted by molar-refractivity contribution is 5.99. The number of anilines is 1. The van der Waals surface area contributed by atoms with E-state index in [1.54, 1.807) is 24.3 Å². The second-order valence-corrected chi connectivity index (χ2v) is 3.70. The lowest BCUT2D eigenvalue weighted by molar-refractivity contribution is -0.111. The molecule has 0 spiro atoms. The van der Waals surface area contributed by atoms with Gasteiger partial charge in [-0.05, 0) is 25.1 Å². The van der Waals surface area contributed by atoms with E-state index in [1.165, 1.54) is 12.5 Å². The van der Waals surface area contributed by atoms with Gasteiger partial charge in [-0.25, -0.2) is 0 Å². The lowest BCUT2D eigenvalue weighted by Gasteiger charge is -2.03. The van der Waals surface area contributed by atoms with Crippen molar-refractivity contribution in [2.24, 2.45) is 0 Å². The predicted molar refractivity (Wildman–Crippen MR) is 72.3 cm³/mol. The first kappa shape index (κ1) is 12.8. The van der Waals surface area contributed by atoms with Gasteiger partial charge < -0.3 is 9.73 Å². The average molecular weight is 255 g/mol. The SMILES string of the molecule is C/C=C/C=C/C(=O)Nc1cccc(-c2nnco2)c1. The number of nitrogens with one attached hydrogen (secondary N) is 1. The van der Waals surface area contributed by atoms with Crippen molar-refractivity contribution < 1.29 is 9.21 Å². The Morgan fingerprint density at radius 2 is 2.26 bits per heavy atom. The number of carbonyl (C=O) groups is 1. The van der Waals surface area contributed by atoms with Crippen LogP contribution in [-0.2, 0) is 4.79 Å². The Kier molecular flexibility index (Phi) is 4.23. The summed E-state index contributed by atoms with van der Waals surface area (Å²) in [5, 5.41) is 10.2. The Labute approximate surface area is 110 Å². The van der Waals surface area contributed by atoms with Crippen LogP contribution in [0.4, 0.5) is 5.69 Å². The summed E-state index contributed by atoms with van der Waals surface area (Å²) in [5.41, 5.74) is 1.43. The van der Waals surface area contributed by atoms with Crippen molar-refractivity contribution in [3.63, 3.8) is 0 Å². The van der Waals surface area contributed by atoms with Gasteiger partial charge in [0.25, 0.3) is 0 Å². The van der Waals surface area contributed by atoms with E-state index in [2.05, 4.69) is 15.5 Å². The molecule has 1 amide bonds. The summed E-state index contributed by atoms with van der Waals surface area (Å²) >= 11 is 0. The Balaban J connectivity index is 2.09. The Morgan fingerprint density at radius 3 is 3.00 bits per heavy atom. The van der Waals surface area contributed by atoms with Crippen LogP contribution in [0, 0.1) is 0 Å². The number of nitrogens with zero attached hydrogens (tertiary/aromatic N) is 2. The highest BCUT2D eigenvalue weighted by atomic mass is 16.4. The lowest BCUT2D eigenvalue weighted by atomic mass is 10.2. The van der Waals surface area contributed by atoms with Gasteiger partial charge in [0.2, 0.25) is 18.2 Å². The van der Waals surface area contributed by atoms with Gasteiger partial charge in [0.1, 0.15) is 0 Å². The van der Waals surface area contributed by atoms with Crippen molar-refractivity contribution in [1.82, 2.24) is 10.2 Å². The number of rotatable bonds is 4. The third kappa shape index (κ3) is 3.64. The van der Waals surface area contributed by atoms with Crippen LogP contribution in [0.1, 0.15) is 6.92 Å². The van der Waals surface area contributed by atoms with Crippen LogP contribution in [0.15, 0.2) is 59.4 Å². The molecule has 0 bridgehead atoms. The first-order valence-corrected chi connectivity index (χ1v) is 5.76. The number of hydrogen-bond acceptors (Lipinski definition) is 4. The van der Waals surface area contributed by atoms with Crippen LogP contribution in [0.2, 0.25) is 0 Å². The fourth-order valence-electron chi connectivity index (χ4n) is 1.47. The highest BCUT2D eigenvalue weighted by Gasteiger charge is 2.05. The number of benzene rings is 1.